The number of benzene rings is 1. The second kappa shape index (κ2) is 6.53. The molecule has 0 fully saturated rings. The minimum Gasteiger partial charge on any atom is -0.382 e. The number of nitrogens with zero attached hydrogens (tertiary/aromatic N) is 1. The molecule has 0 atom stereocenters. The van der Waals surface area contributed by atoms with E-state index in [1.807, 2.05) is 6.07 Å². The molecule has 2 aromatic rings. The number of hydrogen-bond acceptors (Lipinski definition) is 3. The molecule has 3 heteroatoms. The van der Waals surface area contributed by atoms with Gasteiger partial charge in [0.05, 0.1) is 11.2 Å². The van der Waals surface area contributed by atoms with Crippen LogP contribution in [0.1, 0.15) is 32.9 Å². The molecule has 0 radical (unpaired) electrons. The van der Waals surface area contributed by atoms with E-state index in [0.29, 0.717) is 6.04 Å². The summed E-state index contributed by atoms with van der Waals surface area (Å²) in [4.78, 5) is 4.71. The summed E-state index contributed by atoms with van der Waals surface area (Å²) in [7, 11) is 0. The van der Waals surface area contributed by atoms with Gasteiger partial charge in [-0.25, -0.2) is 0 Å². The van der Waals surface area contributed by atoms with Crippen LogP contribution in [0.2, 0.25) is 0 Å². The van der Waals surface area contributed by atoms with E-state index in [2.05, 4.69) is 55.7 Å². The summed E-state index contributed by atoms with van der Waals surface area (Å²) in [5.74, 6) is 0. The second-order valence-electron chi connectivity index (χ2n) is 5.15. The summed E-state index contributed by atoms with van der Waals surface area (Å²) in [6.45, 7) is 8.34. The van der Waals surface area contributed by atoms with Crippen molar-refractivity contribution in [2.45, 2.75) is 39.8 Å². The lowest BCUT2D eigenvalue weighted by Crippen LogP contribution is -2.16. The van der Waals surface area contributed by atoms with E-state index >= 15 is 0 Å². The summed E-state index contributed by atoms with van der Waals surface area (Å²) in [5.41, 5.74) is 3.32. The summed E-state index contributed by atoms with van der Waals surface area (Å²) >= 11 is 0. The van der Waals surface area contributed by atoms with Crippen molar-refractivity contribution in [2.24, 2.45) is 0 Å². The molecule has 0 bridgehead atoms. The average molecular weight is 257 g/mol. The summed E-state index contributed by atoms with van der Waals surface area (Å²) in [6.07, 6.45) is 1.14. The lowest BCUT2D eigenvalue weighted by atomic mass is 10.1. The first-order valence-electron chi connectivity index (χ1n) is 7.06. The van der Waals surface area contributed by atoms with Gasteiger partial charge in [0.15, 0.2) is 0 Å². The van der Waals surface area contributed by atoms with Crippen LogP contribution < -0.4 is 10.6 Å². The van der Waals surface area contributed by atoms with E-state index in [-0.39, 0.29) is 0 Å². The molecule has 2 N–H and O–H groups in total. The quantitative estimate of drug-likeness (QED) is 0.777. The average Bonchev–Trinajstić information content (AvgIpc) is 2.38. The van der Waals surface area contributed by atoms with Crippen molar-refractivity contribution in [3.63, 3.8) is 0 Å². The van der Waals surface area contributed by atoms with Crippen LogP contribution in [0, 0.1) is 0 Å². The van der Waals surface area contributed by atoms with Gasteiger partial charge in [-0.15, -0.1) is 0 Å². The topological polar surface area (TPSA) is 37.0 Å². The summed E-state index contributed by atoms with van der Waals surface area (Å²) in [5, 5.41) is 8.11. The molecule has 0 saturated heterocycles. The number of nitrogens with one attached hydrogen (secondary N) is 2. The van der Waals surface area contributed by atoms with Gasteiger partial charge in [0.2, 0.25) is 0 Å². The molecule has 0 unspecified atom stereocenters. The van der Waals surface area contributed by atoms with Crippen LogP contribution >= 0.6 is 0 Å². The Morgan fingerprint density at radius 1 is 1.21 bits per heavy atom. The third-order valence-corrected chi connectivity index (χ3v) is 2.95. The Kier molecular flexibility index (Phi) is 4.74. The zero-order chi connectivity index (χ0) is 13.7. The molecule has 19 heavy (non-hydrogen) atoms. The SMILES string of the molecule is CCCNCc1cc(NC(C)C)c2ccccc2n1. The minimum atomic E-state index is 0.419. The maximum atomic E-state index is 4.71. The van der Waals surface area contributed by atoms with Crippen molar-refractivity contribution in [3.05, 3.63) is 36.0 Å². The zero-order valence-corrected chi connectivity index (χ0v) is 12.0. The zero-order valence-electron chi connectivity index (χ0n) is 12.0. The smallest absolute Gasteiger partial charge is 0.0726 e. The van der Waals surface area contributed by atoms with Crippen molar-refractivity contribution in [3.8, 4) is 0 Å². The highest BCUT2D eigenvalue weighted by molar-refractivity contribution is 5.91. The molecule has 2 rings (SSSR count). The van der Waals surface area contributed by atoms with E-state index in [4.69, 9.17) is 4.98 Å². The van der Waals surface area contributed by atoms with Gasteiger partial charge in [0.25, 0.3) is 0 Å². The van der Waals surface area contributed by atoms with Gasteiger partial charge in [0, 0.05) is 23.7 Å². The minimum absolute atomic E-state index is 0.419. The van der Waals surface area contributed by atoms with Gasteiger partial charge in [-0.2, -0.15) is 0 Å². The van der Waals surface area contributed by atoms with Crippen molar-refractivity contribution in [2.75, 3.05) is 11.9 Å². The lowest BCUT2D eigenvalue weighted by Gasteiger charge is -2.14. The van der Waals surface area contributed by atoms with Gasteiger partial charge in [-0.05, 0) is 38.9 Å². The molecule has 0 aliphatic rings. The highest BCUT2D eigenvalue weighted by Gasteiger charge is 2.06. The number of pyridine rings is 1. The van der Waals surface area contributed by atoms with Gasteiger partial charge >= 0.3 is 0 Å². The van der Waals surface area contributed by atoms with Crippen molar-refractivity contribution < 1.29 is 0 Å². The van der Waals surface area contributed by atoms with Gasteiger partial charge in [-0.3, -0.25) is 4.98 Å². The number of hydrogen-bond donors (Lipinski definition) is 2. The molecular weight excluding hydrogens is 234 g/mol. The van der Waals surface area contributed by atoms with Crippen molar-refractivity contribution in [1.29, 1.82) is 0 Å². The van der Waals surface area contributed by atoms with Crippen molar-refractivity contribution in [1.82, 2.24) is 10.3 Å². The van der Waals surface area contributed by atoms with E-state index in [1.54, 1.807) is 0 Å². The molecule has 3 nitrogen and oxygen atoms in total. The number of anilines is 1. The molecular formula is C16H23N3. The largest absolute Gasteiger partial charge is 0.382 e. The highest BCUT2D eigenvalue weighted by Crippen LogP contribution is 2.23. The number of aromatic nitrogens is 1. The Bertz CT molecular complexity index is 535. The molecule has 0 amide bonds. The van der Waals surface area contributed by atoms with Crippen LogP contribution in [0.3, 0.4) is 0 Å². The van der Waals surface area contributed by atoms with E-state index in [9.17, 15) is 0 Å². The Labute approximate surface area is 115 Å². The molecule has 1 heterocycles. The number of para-hydroxylation sites is 1. The number of fused-ring (bicyclic) bond motifs is 1. The summed E-state index contributed by atoms with van der Waals surface area (Å²) < 4.78 is 0. The monoisotopic (exact) mass is 257 g/mol. The van der Waals surface area contributed by atoms with Crippen LogP contribution in [0.25, 0.3) is 10.9 Å². The van der Waals surface area contributed by atoms with Crippen LogP contribution in [0.5, 0.6) is 0 Å². The second-order valence-corrected chi connectivity index (χ2v) is 5.15. The van der Waals surface area contributed by atoms with Crippen LogP contribution in [-0.2, 0) is 6.54 Å². The highest BCUT2D eigenvalue weighted by atomic mass is 14.9. The van der Waals surface area contributed by atoms with Gasteiger partial charge < -0.3 is 10.6 Å². The third-order valence-electron chi connectivity index (χ3n) is 2.95. The van der Waals surface area contributed by atoms with E-state index < -0.39 is 0 Å². The first-order valence-corrected chi connectivity index (χ1v) is 7.06. The Balaban J connectivity index is 2.33. The summed E-state index contributed by atoms with van der Waals surface area (Å²) in [6, 6.07) is 10.9. The predicted molar refractivity (Wildman–Crippen MR) is 82.5 cm³/mol. The maximum absolute atomic E-state index is 4.71. The molecule has 0 aliphatic carbocycles. The van der Waals surface area contributed by atoms with Gasteiger partial charge in [0.1, 0.15) is 0 Å². The molecule has 0 saturated carbocycles. The Morgan fingerprint density at radius 2 is 2.00 bits per heavy atom. The molecule has 0 spiro atoms. The van der Waals surface area contributed by atoms with Crippen LogP contribution in [0.4, 0.5) is 5.69 Å². The fourth-order valence-electron chi connectivity index (χ4n) is 2.14. The standard InChI is InChI=1S/C16H23N3/c1-4-9-17-11-13-10-16(18-12(2)3)14-7-5-6-8-15(14)19-13/h5-8,10,12,17H,4,9,11H2,1-3H3,(H,18,19). The normalized spacial score (nSPS) is 11.2. The Morgan fingerprint density at radius 3 is 2.74 bits per heavy atom. The lowest BCUT2D eigenvalue weighted by molar-refractivity contribution is 0.666. The van der Waals surface area contributed by atoms with E-state index in [0.717, 1.165) is 30.7 Å². The third kappa shape index (κ3) is 3.67. The first kappa shape index (κ1) is 13.8. The van der Waals surface area contributed by atoms with Crippen LogP contribution in [0.15, 0.2) is 30.3 Å². The molecule has 1 aromatic carbocycles. The number of rotatable bonds is 6. The maximum Gasteiger partial charge on any atom is 0.0726 e. The Hall–Kier alpha value is -1.61. The fourth-order valence-corrected chi connectivity index (χ4v) is 2.14. The molecule has 1 aromatic heterocycles. The van der Waals surface area contributed by atoms with Crippen LogP contribution in [-0.4, -0.2) is 17.6 Å². The molecule has 0 aliphatic heterocycles. The van der Waals surface area contributed by atoms with E-state index in [1.165, 1.54) is 11.1 Å². The van der Waals surface area contributed by atoms with Crippen molar-refractivity contribution >= 4 is 16.6 Å². The molecule has 102 valence electrons. The fraction of sp³-hybridized carbons (Fsp3) is 0.438. The first-order chi connectivity index (χ1) is 9.20. The van der Waals surface area contributed by atoms with Gasteiger partial charge in [-0.1, -0.05) is 25.1 Å². The predicted octanol–water partition coefficient (Wildman–Crippen LogP) is 3.55.